The lowest BCUT2D eigenvalue weighted by molar-refractivity contribution is -0.135. The van der Waals surface area contributed by atoms with Crippen molar-refractivity contribution < 1.29 is 14.3 Å². The topological polar surface area (TPSA) is 51.1 Å². The molecule has 0 unspecified atom stereocenters. The fourth-order valence-corrected chi connectivity index (χ4v) is 3.74. The highest BCUT2D eigenvalue weighted by molar-refractivity contribution is 14.1. The number of hydrogen-bond donors (Lipinski definition) is 0. The second-order valence-electron chi connectivity index (χ2n) is 6.15. The molecule has 1 aliphatic rings. The highest BCUT2D eigenvalue weighted by atomic mass is 127. The summed E-state index contributed by atoms with van der Waals surface area (Å²) in [5.74, 6) is 1.04. The molecule has 0 spiro atoms. The van der Waals surface area contributed by atoms with Crippen LogP contribution >= 0.6 is 22.6 Å². The number of rotatable bonds is 3. The van der Waals surface area contributed by atoms with Crippen LogP contribution in [0, 0.1) is 3.57 Å². The number of carbonyl (C=O) groups excluding carboxylic acids is 1. The van der Waals surface area contributed by atoms with Crippen molar-refractivity contribution in [3.8, 4) is 5.75 Å². The minimum absolute atomic E-state index is 0.180. The number of fused-ring (bicyclic) bond motifs is 1. The van der Waals surface area contributed by atoms with Gasteiger partial charge in [0.05, 0.1) is 7.11 Å². The van der Waals surface area contributed by atoms with E-state index in [4.69, 9.17) is 9.47 Å². The first kappa shape index (κ1) is 17.8. The van der Waals surface area contributed by atoms with Crippen LogP contribution in [0.5, 0.6) is 5.75 Å². The molecule has 3 aromatic carbocycles. The molecular weight excluding hydrogens is 455 g/mol. The molecule has 3 aromatic rings. The quantitative estimate of drug-likeness (QED) is 0.520. The number of ether oxygens (including phenoxy) is 2. The maximum atomic E-state index is 12.2. The number of carbonyl (C=O) groups is 1. The molecule has 27 heavy (non-hydrogen) atoms. The van der Waals surface area contributed by atoms with E-state index in [0.717, 1.165) is 31.2 Å². The third kappa shape index (κ3) is 3.25. The van der Waals surface area contributed by atoms with E-state index in [1.165, 1.54) is 11.9 Å². The Bertz CT molecular complexity index is 1060. The molecule has 0 bridgehead atoms. The van der Waals surface area contributed by atoms with Gasteiger partial charge in [-0.25, -0.2) is 0 Å². The number of hydrogen-bond acceptors (Lipinski definition) is 4. The van der Waals surface area contributed by atoms with E-state index in [1.807, 2.05) is 60.7 Å². The van der Waals surface area contributed by atoms with Gasteiger partial charge in [0, 0.05) is 27.0 Å². The van der Waals surface area contributed by atoms with Gasteiger partial charge in [-0.3, -0.25) is 4.79 Å². The molecule has 0 N–H and O–H groups in total. The normalized spacial score (nSPS) is 16.2. The Morgan fingerprint density at radius 3 is 2.59 bits per heavy atom. The van der Waals surface area contributed by atoms with Crippen LogP contribution in [0.4, 0.5) is 0 Å². The van der Waals surface area contributed by atoms with Crippen LogP contribution in [0.25, 0.3) is 10.8 Å². The summed E-state index contributed by atoms with van der Waals surface area (Å²) in [5, 5.41) is 7.77. The summed E-state index contributed by atoms with van der Waals surface area (Å²) in [5.41, 5.74) is 1.71. The van der Waals surface area contributed by atoms with Crippen molar-refractivity contribution in [3.05, 3.63) is 75.4 Å². The predicted molar refractivity (Wildman–Crippen MR) is 113 cm³/mol. The second kappa shape index (κ2) is 7.19. The number of methoxy groups -OCH3 is 1. The van der Waals surface area contributed by atoms with E-state index in [0.29, 0.717) is 5.90 Å². The average Bonchev–Trinajstić information content (AvgIpc) is 3.12. The molecule has 0 radical (unpaired) electrons. The summed E-state index contributed by atoms with van der Waals surface area (Å²) in [6.45, 7) is 1.49. The van der Waals surface area contributed by atoms with Crippen molar-refractivity contribution in [1.29, 1.82) is 0 Å². The van der Waals surface area contributed by atoms with Crippen molar-refractivity contribution in [3.63, 3.8) is 0 Å². The Morgan fingerprint density at radius 1 is 1.11 bits per heavy atom. The molecule has 0 aromatic heterocycles. The SMILES string of the molecule is COc1ccc([C@H]2OC(c3cccc(I)c3)=NN2C(C)=O)c2ccccc12. The minimum Gasteiger partial charge on any atom is -0.496 e. The molecule has 0 aliphatic carbocycles. The monoisotopic (exact) mass is 472 g/mol. The van der Waals surface area contributed by atoms with Gasteiger partial charge < -0.3 is 9.47 Å². The zero-order chi connectivity index (χ0) is 19.0. The van der Waals surface area contributed by atoms with Crippen LogP contribution < -0.4 is 4.74 Å². The first-order valence-corrected chi connectivity index (χ1v) is 9.53. The molecule has 0 fully saturated rings. The number of nitrogens with zero attached hydrogens (tertiary/aromatic N) is 2. The van der Waals surface area contributed by atoms with Crippen LogP contribution in [0.1, 0.15) is 24.3 Å². The van der Waals surface area contributed by atoms with E-state index in [2.05, 4.69) is 27.7 Å². The molecule has 0 saturated carbocycles. The molecule has 0 saturated heterocycles. The van der Waals surface area contributed by atoms with Crippen molar-refractivity contribution in [1.82, 2.24) is 5.01 Å². The Hall–Kier alpha value is -2.61. The average molecular weight is 472 g/mol. The maximum Gasteiger partial charge on any atom is 0.243 e. The maximum absolute atomic E-state index is 12.2. The van der Waals surface area contributed by atoms with E-state index in [-0.39, 0.29) is 5.91 Å². The summed E-state index contributed by atoms with van der Waals surface area (Å²) in [6, 6.07) is 19.6. The molecule has 1 heterocycles. The molecular formula is C21H17IN2O3. The highest BCUT2D eigenvalue weighted by Gasteiger charge is 2.34. The largest absolute Gasteiger partial charge is 0.496 e. The van der Waals surface area contributed by atoms with Crippen LogP contribution in [0.3, 0.4) is 0 Å². The molecule has 4 rings (SSSR count). The first-order chi connectivity index (χ1) is 13.1. The van der Waals surface area contributed by atoms with Gasteiger partial charge in [-0.05, 0) is 58.3 Å². The van der Waals surface area contributed by atoms with Gasteiger partial charge in [0.25, 0.3) is 0 Å². The molecule has 1 amide bonds. The van der Waals surface area contributed by atoms with Crippen molar-refractivity contribution >= 4 is 45.2 Å². The Balaban J connectivity index is 1.80. The summed E-state index contributed by atoms with van der Waals surface area (Å²) >= 11 is 2.24. The summed E-state index contributed by atoms with van der Waals surface area (Å²) in [7, 11) is 1.65. The number of amides is 1. The highest BCUT2D eigenvalue weighted by Crippen LogP contribution is 2.37. The molecule has 6 heteroatoms. The van der Waals surface area contributed by atoms with Crippen LogP contribution in [0.15, 0.2) is 65.8 Å². The Morgan fingerprint density at radius 2 is 1.89 bits per heavy atom. The Labute approximate surface area is 170 Å². The van der Waals surface area contributed by atoms with Crippen LogP contribution in [-0.4, -0.2) is 23.9 Å². The fourth-order valence-electron chi connectivity index (χ4n) is 3.20. The van der Waals surface area contributed by atoms with E-state index in [1.54, 1.807) is 7.11 Å². The van der Waals surface area contributed by atoms with E-state index >= 15 is 0 Å². The van der Waals surface area contributed by atoms with Gasteiger partial charge in [-0.15, -0.1) is 5.10 Å². The fraction of sp³-hybridized carbons (Fsp3) is 0.143. The summed E-state index contributed by atoms with van der Waals surface area (Å²) < 4.78 is 12.7. The smallest absolute Gasteiger partial charge is 0.243 e. The molecule has 1 atom stereocenters. The van der Waals surface area contributed by atoms with Crippen LogP contribution in [-0.2, 0) is 9.53 Å². The van der Waals surface area contributed by atoms with Gasteiger partial charge in [-0.2, -0.15) is 5.01 Å². The predicted octanol–water partition coefficient (Wildman–Crippen LogP) is 4.69. The third-order valence-electron chi connectivity index (χ3n) is 4.44. The van der Waals surface area contributed by atoms with Gasteiger partial charge in [0.1, 0.15) is 5.75 Å². The minimum atomic E-state index is -0.619. The second-order valence-corrected chi connectivity index (χ2v) is 7.40. The van der Waals surface area contributed by atoms with Gasteiger partial charge in [0.15, 0.2) is 0 Å². The van der Waals surface area contributed by atoms with Crippen molar-refractivity contribution in [2.24, 2.45) is 5.10 Å². The molecule has 5 nitrogen and oxygen atoms in total. The zero-order valence-electron chi connectivity index (χ0n) is 14.8. The van der Waals surface area contributed by atoms with Crippen LogP contribution in [0.2, 0.25) is 0 Å². The standard InChI is InChI=1S/C21H17IN2O3/c1-13(25)24-21(27-20(23-24)14-6-5-7-15(22)12-14)18-10-11-19(26-2)17-9-4-3-8-16(17)18/h3-12,21H,1-2H3/t21-/m1/s1. The number of halogens is 1. The van der Waals surface area contributed by atoms with Crippen molar-refractivity contribution in [2.45, 2.75) is 13.2 Å². The summed E-state index contributed by atoms with van der Waals surface area (Å²) in [4.78, 5) is 12.2. The third-order valence-corrected chi connectivity index (χ3v) is 5.11. The van der Waals surface area contributed by atoms with Crippen molar-refractivity contribution in [2.75, 3.05) is 7.11 Å². The lowest BCUT2D eigenvalue weighted by Crippen LogP contribution is -2.25. The van der Waals surface area contributed by atoms with Gasteiger partial charge in [0.2, 0.25) is 18.0 Å². The number of benzene rings is 3. The molecule has 1 aliphatic heterocycles. The lowest BCUT2D eigenvalue weighted by Gasteiger charge is -2.21. The van der Waals surface area contributed by atoms with E-state index in [9.17, 15) is 4.79 Å². The van der Waals surface area contributed by atoms with Gasteiger partial charge >= 0.3 is 0 Å². The molecule has 136 valence electrons. The first-order valence-electron chi connectivity index (χ1n) is 8.45. The Kier molecular flexibility index (Phi) is 4.73. The summed E-state index contributed by atoms with van der Waals surface area (Å²) in [6.07, 6.45) is -0.619. The zero-order valence-corrected chi connectivity index (χ0v) is 17.0. The number of hydrazone groups is 1. The van der Waals surface area contributed by atoms with Gasteiger partial charge in [-0.1, -0.05) is 30.3 Å². The van der Waals surface area contributed by atoms with E-state index < -0.39 is 6.23 Å². The lowest BCUT2D eigenvalue weighted by atomic mass is 10.0.